The number of ether oxygens (including phenoxy) is 1. The summed E-state index contributed by atoms with van der Waals surface area (Å²) in [5.41, 5.74) is 2.00. The summed E-state index contributed by atoms with van der Waals surface area (Å²) in [4.78, 5) is 51.7. The van der Waals surface area contributed by atoms with Crippen molar-refractivity contribution in [3.63, 3.8) is 0 Å². The van der Waals surface area contributed by atoms with Gasteiger partial charge in [-0.05, 0) is 56.7 Å². The summed E-state index contributed by atoms with van der Waals surface area (Å²) in [5.74, 6) is 5.98. The molecule has 8 heteroatoms. The monoisotopic (exact) mass is 465 g/mol. The molecule has 34 heavy (non-hydrogen) atoms. The number of carbonyl (C=O) groups is 4. The third-order valence-corrected chi connectivity index (χ3v) is 6.30. The highest BCUT2D eigenvalue weighted by atomic mass is 16.6. The molecule has 1 aromatic rings. The summed E-state index contributed by atoms with van der Waals surface area (Å²) in [6.45, 7) is 7.41. The highest BCUT2D eigenvalue weighted by Gasteiger charge is 2.39. The smallest absolute Gasteiger partial charge is 0.410 e. The molecule has 180 valence electrons. The van der Waals surface area contributed by atoms with Crippen molar-refractivity contribution in [2.24, 2.45) is 5.92 Å². The fourth-order valence-corrected chi connectivity index (χ4v) is 4.47. The second kappa shape index (κ2) is 9.49. The molecule has 1 atom stereocenters. The van der Waals surface area contributed by atoms with Crippen LogP contribution in [0.5, 0.6) is 0 Å². The Hall–Kier alpha value is -3.34. The molecule has 0 bridgehead atoms. The fourth-order valence-electron chi connectivity index (χ4n) is 4.47. The zero-order chi connectivity index (χ0) is 24.5. The van der Waals surface area contributed by atoms with E-state index in [1.807, 2.05) is 39.0 Å². The van der Waals surface area contributed by atoms with Gasteiger partial charge in [0.25, 0.3) is 5.91 Å². The first-order chi connectivity index (χ1) is 16.1. The van der Waals surface area contributed by atoms with Crippen LogP contribution < -0.4 is 5.32 Å². The maximum Gasteiger partial charge on any atom is 0.410 e. The number of nitrogens with zero attached hydrogens (tertiary/aromatic N) is 2. The number of piperidine rings is 1. The van der Waals surface area contributed by atoms with Crippen molar-refractivity contribution < 1.29 is 23.9 Å². The van der Waals surface area contributed by atoms with Gasteiger partial charge in [0, 0.05) is 44.5 Å². The lowest BCUT2D eigenvalue weighted by Gasteiger charge is -2.39. The lowest BCUT2D eigenvalue weighted by Crippen LogP contribution is -2.52. The first kappa shape index (κ1) is 23.8. The van der Waals surface area contributed by atoms with Crippen molar-refractivity contribution in [3.05, 3.63) is 34.9 Å². The number of benzene rings is 1. The van der Waals surface area contributed by atoms with E-state index in [4.69, 9.17) is 4.74 Å². The van der Waals surface area contributed by atoms with Gasteiger partial charge >= 0.3 is 6.09 Å². The average molecular weight is 466 g/mol. The number of hydrogen-bond acceptors (Lipinski definition) is 5. The van der Waals surface area contributed by atoms with E-state index in [9.17, 15) is 19.2 Å². The van der Waals surface area contributed by atoms with Gasteiger partial charge in [0.2, 0.25) is 11.8 Å². The van der Waals surface area contributed by atoms with Gasteiger partial charge in [0.05, 0.1) is 0 Å². The zero-order valence-electron chi connectivity index (χ0n) is 20.0. The Bertz CT molecular complexity index is 1070. The van der Waals surface area contributed by atoms with Crippen LogP contribution >= 0.6 is 0 Å². The summed E-state index contributed by atoms with van der Waals surface area (Å²) in [6.07, 6.45) is 2.61. The minimum Gasteiger partial charge on any atom is -0.444 e. The van der Waals surface area contributed by atoms with Crippen LogP contribution in [-0.4, -0.2) is 58.3 Å². The predicted molar refractivity (Wildman–Crippen MR) is 124 cm³/mol. The normalized spacial score (nSPS) is 20.3. The third-order valence-electron chi connectivity index (χ3n) is 6.30. The van der Waals surface area contributed by atoms with E-state index in [0.29, 0.717) is 44.0 Å². The predicted octanol–water partition coefficient (Wildman–Crippen LogP) is 2.64. The average Bonchev–Trinajstić information content (AvgIpc) is 3.03. The van der Waals surface area contributed by atoms with Crippen LogP contribution in [0.2, 0.25) is 0 Å². The maximum absolute atomic E-state index is 12.9. The second-order valence-electron chi connectivity index (χ2n) is 10.2. The molecule has 8 nitrogen and oxygen atoms in total. The molecule has 2 fully saturated rings. The molecule has 3 aliphatic rings. The van der Waals surface area contributed by atoms with E-state index >= 15 is 0 Å². The SMILES string of the molecule is CC(C)(C)OC(=O)N1CC(CCC#CCc2ccc3c(c2)C(=O)N(C2CCC(=O)NC2=O)C3)C1. The zero-order valence-corrected chi connectivity index (χ0v) is 20.0. The molecule has 0 saturated carbocycles. The van der Waals surface area contributed by atoms with E-state index in [-0.39, 0.29) is 24.3 Å². The number of carbonyl (C=O) groups excluding carboxylic acids is 4. The Labute approximate surface area is 200 Å². The number of imide groups is 1. The molecule has 3 heterocycles. The van der Waals surface area contributed by atoms with Gasteiger partial charge < -0.3 is 14.5 Å². The van der Waals surface area contributed by atoms with E-state index < -0.39 is 17.6 Å². The molecule has 4 amide bonds. The Kier molecular flexibility index (Phi) is 6.65. The lowest BCUT2D eigenvalue weighted by atomic mass is 9.95. The van der Waals surface area contributed by atoms with Gasteiger partial charge in [0.1, 0.15) is 11.6 Å². The Morgan fingerprint density at radius 2 is 1.94 bits per heavy atom. The molecule has 3 aliphatic heterocycles. The molecule has 1 N–H and O–H groups in total. The van der Waals surface area contributed by atoms with Crippen LogP contribution in [0.15, 0.2) is 18.2 Å². The van der Waals surface area contributed by atoms with Crippen molar-refractivity contribution in [2.75, 3.05) is 13.1 Å². The van der Waals surface area contributed by atoms with Crippen LogP contribution in [0.1, 0.15) is 67.9 Å². The summed E-state index contributed by atoms with van der Waals surface area (Å²) >= 11 is 0. The van der Waals surface area contributed by atoms with Gasteiger partial charge in [-0.15, -0.1) is 5.92 Å². The Morgan fingerprint density at radius 1 is 1.18 bits per heavy atom. The summed E-state index contributed by atoms with van der Waals surface area (Å²) in [7, 11) is 0. The minimum absolute atomic E-state index is 0.168. The number of hydrogen-bond donors (Lipinski definition) is 1. The highest BCUT2D eigenvalue weighted by molar-refractivity contribution is 6.05. The largest absolute Gasteiger partial charge is 0.444 e. The van der Waals surface area contributed by atoms with Crippen molar-refractivity contribution in [1.29, 1.82) is 0 Å². The first-order valence-electron chi connectivity index (χ1n) is 11.8. The van der Waals surface area contributed by atoms with Gasteiger partial charge in [-0.2, -0.15) is 0 Å². The van der Waals surface area contributed by atoms with E-state index in [1.165, 1.54) is 0 Å². The number of amides is 4. The maximum atomic E-state index is 12.9. The molecule has 4 rings (SSSR count). The van der Waals surface area contributed by atoms with Crippen molar-refractivity contribution >= 4 is 23.8 Å². The number of nitrogens with one attached hydrogen (secondary N) is 1. The number of rotatable bonds is 4. The quantitative estimate of drug-likeness (QED) is 0.545. The third kappa shape index (κ3) is 5.41. The molecular weight excluding hydrogens is 434 g/mol. The Morgan fingerprint density at radius 3 is 2.65 bits per heavy atom. The second-order valence-corrected chi connectivity index (χ2v) is 10.2. The summed E-state index contributed by atoms with van der Waals surface area (Å²) < 4.78 is 5.37. The standard InChI is InChI=1S/C26H31N3O5/c1-26(2,3)34-25(33)28-14-18(15-28)8-6-4-5-7-17-9-10-19-16-29(24(32)20(19)13-17)21-11-12-22(30)27-23(21)31/h9-10,13,18,21H,6-8,11-12,14-16H2,1-3H3,(H,27,30,31). The van der Waals surface area contributed by atoms with Crippen LogP contribution in [-0.2, 0) is 27.3 Å². The van der Waals surface area contributed by atoms with Crippen LogP contribution in [0.25, 0.3) is 0 Å². The molecule has 0 aromatic heterocycles. The molecule has 1 unspecified atom stereocenters. The molecule has 0 radical (unpaired) electrons. The van der Waals surface area contributed by atoms with Gasteiger partial charge in [0.15, 0.2) is 0 Å². The van der Waals surface area contributed by atoms with Gasteiger partial charge in [-0.1, -0.05) is 18.1 Å². The van der Waals surface area contributed by atoms with Crippen LogP contribution in [0.3, 0.4) is 0 Å². The lowest BCUT2D eigenvalue weighted by molar-refractivity contribution is -0.136. The molecule has 0 aliphatic carbocycles. The Balaban J connectivity index is 1.23. The van der Waals surface area contributed by atoms with Crippen molar-refractivity contribution in [1.82, 2.24) is 15.1 Å². The summed E-state index contributed by atoms with van der Waals surface area (Å²) in [6, 6.07) is 5.16. The molecular formula is C26H31N3O5. The van der Waals surface area contributed by atoms with Gasteiger partial charge in [-0.25, -0.2) is 4.79 Å². The van der Waals surface area contributed by atoms with E-state index in [0.717, 1.165) is 24.0 Å². The first-order valence-corrected chi connectivity index (χ1v) is 11.8. The minimum atomic E-state index is -0.599. The topological polar surface area (TPSA) is 96.0 Å². The van der Waals surface area contributed by atoms with Crippen molar-refractivity contribution in [2.45, 2.75) is 71.1 Å². The molecule has 2 saturated heterocycles. The number of fused-ring (bicyclic) bond motifs is 1. The van der Waals surface area contributed by atoms with Crippen LogP contribution in [0.4, 0.5) is 4.79 Å². The fraction of sp³-hybridized carbons (Fsp3) is 0.538. The molecule has 1 aromatic carbocycles. The van der Waals surface area contributed by atoms with Crippen molar-refractivity contribution in [3.8, 4) is 11.8 Å². The van der Waals surface area contributed by atoms with Crippen LogP contribution in [0, 0.1) is 17.8 Å². The van der Waals surface area contributed by atoms with E-state index in [1.54, 1.807) is 9.80 Å². The number of likely N-dealkylation sites (tertiary alicyclic amines) is 1. The van der Waals surface area contributed by atoms with Gasteiger partial charge in [-0.3, -0.25) is 19.7 Å². The molecule has 0 spiro atoms. The highest BCUT2D eigenvalue weighted by Crippen LogP contribution is 2.28. The summed E-state index contributed by atoms with van der Waals surface area (Å²) in [5, 5.41) is 2.32. The van der Waals surface area contributed by atoms with E-state index in [2.05, 4.69) is 17.2 Å².